The Morgan fingerprint density at radius 2 is 2.19 bits per heavy atom. The van der Waals surface area contributed by atoms with Crippen LogP contribution in [0.15, 0.2) is 35.5 Å². The van der Waals surface area contributed by atoms with Crippen molar-refractivity contribution in [2.75, 3.05) is 31.7 Å². The first-order chi connectivity index (χ1) is 15.0. The van der Waals surface area contributed by atoms with Crippen molar-refractivity contribution in [3.63, 3.8) is 0 Å². The zero-order chi connectivity index (χ0) is 21.5. The number of benzene rings is 1. The fourth-order valence-corrected chi connectivity index (χ4v) is 4.93. The van der Waals surface area contributed by atoms with Crippen molar-refractivity contribution >= 4 is 28.2 Å². The standard InChI is InChI=1S/C23H25ClN4O3/c1-27-7-2-3-16-15(9-14-4-5-20(24)25-11-14)10-17-21(22(16)27)26-13-28(23(17)30)18-6-8-31-12-19(18)29/h4-5,10-11,13,18-19,29H,2-3,6-9,12H2,1H3/t18-,19-/m0/s1. The first-order valence-electron chi connectivity index (χ1n) is 10.7. The van der Waals surface area contributed by atoms with E-state index in [0.29, 0.717) is 30.0 Å². The summed E-state index contributed by atoms with van der Waals surface area (Å²) in [6.45, 7) is 1.68. The maximum absolute atomic E-state index is 13.5. The van der Waals surface area contributed by atoms with Crippen molar-refractivity contribution in [3.8, 4) is 0 Å². The minimum Gasteiger partial charge on any atom is -0.389 e. The monoisotopic (exact) mass is 440 g/mol. The normalized spacial score (nSPS) is 21.3. The second kappa shape index (κ2) is 8.22. The lowest BCUT2D eigenvalue weighted by molar-refractivity contribution is -0.0395. The van der Waals surface area contributed by atoms with E-state index in [2.05, 4.69) is 16.9 Å². The Hall–Kier alpha value is -2.48. The molecule has 2 aliphatic rings. The van der Waals surface area contributed by atoms with Crippen LogP contribution in [0, 0.1) is 0 Å². The predicted octanol–water partition coefficient (Wildman–Crippen LogP) is 2.74. The Bertz CT molecular complexity index is 1180. The van der Waals surface area contributed by atoms with Gasteiger partial charge in [-0.15, -0.1) is 0 Å². The first kappa shape index (κ1) is 20.4. The van der Waals surface area contributed by atoms with Crippen LogP contribution in [0.3, 0.4) is 0 Å². The van der Waals surface area contributed by atoms with Crippen LogP contribution in [0.5, 0.6) is 0 Å². The third-order valence-corrected chi connectivity index (χ3v) is 6.60. The van der Waals surface area contributed by atoms with E-state index < -0.39 is 6.10 Å². The van der Waals surface area contributed by atoms with Crippen LogP contribution in [0.1, 0.15) is 35.6 Å². The average molecular weight is 441 g/mol. The minimum atomic E-state index is -0.717. The van der Waals surface area contributed by atoms with Crippen molar-refractivity contribution < 1.29 is 9.84 Å². The second-order valence-corrected chi connectivity index (χ2v) is 8.79. The van der Waals surface area contributed by atoms with E-state index in [0.717, 1.165) is 41.7 Å². The number of fused-ring (bicyclic) bond motifs is 3. The fourth-order valence-electron chi connectivity index (χ4n) is 4.81. The number of hydrogen-bond acceptors (Lipinski definition) is 6. The highest BCUT2D eigenvalue weighted by atomic mass is 35.5. The molecule has 0 amide bonds. The Balaban J connectivity index is 1.68. The van der Waals surface area contributed by atoms with Gasteiger partial charge in [-0.1, -0.05) is 17.7 Å². The largest absolute Gasteiger partial charge is 0.389 e. The van der Waals surface area contributed by atoms with Crippen LogP contribution in [-0.2, 0) is 17.6 Å². The molecule has 4 heterocycles. The topological polar surface area (TPSA) is 80.5 Å². The summed E-state index contributed by atoms with van der Waals surface area (Å²) in [5, 5.41) is 11.4. The summed E-state index contributed by atoms with van der Waals surface area (Å²) in [6, 6.07) is 5.42. The van der Waals surface area contributed by atoms with Gasteiger partial charge in [-0.3, -0.25) is 9.36 Å². The van der Waals surface area contributed by atoms with Crippen LogP contribution in [0.25, 0.3) is 10.9 Å². The molecule has 2 aromatic heterocycles. The molecule has 2 aliphatic heterocycles. The van der Waals surface area contributed by atoms with Gasteiger partial charge in [0.05, 0.1) is 36.2 Å². The molecular weight excluding hydrogens is 416 g/mol. The van der Waals surface area contributed by atoms with Crippen LogP contribution >= 0.6 is 11.6 Å². The lowest BCUT2D eigenvalue weighted by atomic mass is 9.91. The molecular formula is C23H25ClN4O3. The predicted molar refractivity (Wildman–Crippen MR) is 120 cm³/mol. The molecule has 1 aromatic carbocycles. The van der Waals surface area contributed by atoms with Crippen molar-refractivity contribution in [1.82, 2.24) is 14.5 Å². The molecule has 0 aliphatic carbocycles. The third kappa shape index (κ3) is 3.71. The van der Waals surface area contributed by atoms with E-state index in [-0.39, 0.29) is 18.2 Å². The average Bonchev–Trinajstić information content (AvgIpc) is 2.77. The summed E-state index contributed by atoms with van der Waals surface area (Å²) in [5.41, 5.74) is 5.06. The molecule has 8 heteroatoms. The van der Waals surface area contributed by atoms with E-state index >= 15 is 0 Å². The number of aromatic nitrogens is 3. The Kier molecular flexibility index (Phi) is 5.42. The first-order valence-corrected chi connectivity index (χ1v) is 11.0. The van der Waals surface area contributed by atoms with Crippen LogP contribution < -0.4 is 10.5 Å². The van der Waals surface area contributed by atoms with E-state index in [1.54, 1.807) is 23.2 Å². The number of aliphatic hydroxyl groups is 1. The molecule has 1 N–H and O–H groups in total. The van der Waals surface area contributed by atoms with E-state index in [1.807, 2.05) is 12.1 Å². The number of anilines is 1. The van der Waals surface area contributed by atoms with Gasteiger partial charge in [0.1, 0.15) is 10.7 Å². The third-order valence-electron chi connectivity index (χ3n) is 6.38. The van der Waals surface area contributed by atoms with Crippen molar-refractivity contribution in [2.45, 2.75) is 37.8 Å². The van der Waals surface area contributed by atoms with E-state index in [9.17, 15) is 9.90 Å². The molecule has 0 bridgehead atoms. The van der Waals surface area contributed by atoms with Crippen molar-refractivity contribution in [3.05, 3.63) is 62.9 Å². The highest BCUT2D eigenvalue weighted by molar-refractivity contribution is 6.29. The molecule has 31 heavy (non-hydrogen) atoms. The van der Waals surface area contributed by atoms with Gasteiger partial charge in [0, 0.05) is 26.4 Å². The molecule has 0 spiro atoms. The molecule has 2 atom stereocenters. The highest BCUT2D eigenvalue weighted by Gasteiger charge is 2.28. The molecule has 3 aromatic rings. The van der Waals surface area contributed by atoms with E-state index in [1.165, 1.54) is 5.56 Å². The molecule has 0 radical (unpaired) electrons. The number of nitrogens with zero attached hydrogens (tertiary/aromatic N) is 4. The molecule has 7 nitrogen and oxygen atoms in total. The van der Waals surface area contributed by atoms with Gasteiger partial charge in [0.25, 0.3) is 5.56 Å². The Morgan fingerprint density at radius 1 is 1.32 bits per heavy atom. The number of aliphatic hydroxyl groups excluding tert-OH is 1. The van der Waals surface area contributed by atoms with Gasteiger partial charge >= 0.3 is 0 Å². The summed E-state index contributed by atoms with van der Waals surface area (Å²) >= 11 is 5.95. The van der Waals surface area contributed by atoms with Gasteiger partial charge in [-0.2, -0.15) is 0 Å². The van der Waals surface area contributed by atoms with Gasteiger partial charge < -0.3 is 14.7 Å². The van der Waals surface area contributed by atoms with E-state index in [4.69, 9.17) is 21.3 Å². The van der Waals surface area contributed by atoms with Crippen LogP contribution in [0.2, 0.25) is 5.15 Å². The molecule has 162 valence electrons. The van der Waals surface area contributed by atoms with Crippen LogP contribution in [0.4, 0.5) is 5.69 Å². The summed E-state index contributed by atoms with van der Waals surface area (Å²) < 4.78 is 6.92. The molecule has 1 fully saturated rings. The zero-order valence-electron chi connectivity index (χ0n) is 17.4. The summed E-state index contributed by atoms with van der Waals surface area (Å²) in [5.74, 6) is 0. The molecule has 0 unspecified atom stereocenters. The number of hydrogen-bond donors (Lipinski definition) is 1. The molecule has 1 saturated heterocycles. The van der Waals surface area contributed by atoms with Gasteiger partial charge in [0.15, 0.2) is 0 Å². The van der Waals surface area contributed by atoms with Gasteiger partial charge in [-0.25, -0.2) is 9.97 Å². The Morgan fingerprint density at radius 3 is 2.97 bits per heavy atom. The lowest BCUT2D eigenvalue weighted by Gasteiger charge is -2.32. The van der Waals surface area contributed by atoms with Gasteiger partial charge in [-0.05, 0) is 54.5 Å². The van der Waals surface area contributed by atoms with Gasteiger partial charge in [0.2, 0.25) is 0 Å². The molecule has 5 rings (SSSR count). The minimum absolute atomic E-state index is 0.117. The maximum Gasteiger partial charge on any atom is 0.261 e. The zero-order valence-corrected chi connectivity index (χ0v) is 18.2. The molecule has 0 saturated carbocycles. The second-order valence-electron chi connectivity index (χ2n) is 8.41. The highest BCUT2D eigenvalue weighted by Crippen LogP contribution is 2.36. The number of pyridine rings is 1. The van der Waals surface area contributed by atoms with Crippen molar-refractivity contribution in [2.24, 2.45) is 0 Å². The lowest BCUT2D eigenvalue weighted by Crippen LogP contribution is -2.39. The summed E-state index contributed by atoms with van der Waals surface area (Å²) in [4.78, 5) is 24.7. The SMILES string of the molecule is CN1CCCc2c(Cc3ccc(Cl)nc3)cc3c(=O)n([C@H]4CCOC[C@@H]4O)cnc3c21. The summed E-state index contributed by atoms with van der Waals surface area (Å²) in [6.07, 6.45) is 5.93. The van der Waals surface area contributed by atoms with Crippen molar-refractivity contribution in [1.29, 1.82) is 0 Å². The maximum atomic E-state index is 13.5. The summed E-state index contributed by atoms with van der Waals surface area (Å²) in [7, 11) is 2.06. The number of halogens is 1. The Labute approximate surface area is 185 Å². The smallest absolute Gasteiger partial charge is 0.261 e. The van der Waals surface area contributed by atoms with Crippen LogP contribution in [-0.4, -0.2) is 52.6 Å². The fraction of sp³-hybridized carbons (Fsp3) is 0.435. The number of ether oxygens (including phenoxy) is 1. The quantitative estimate of drug-likeness (QED) is 0.631. The number of rotatable bonds is 3.